The van der Waals surface area contributed by atoms with Crippen LogP contribution in [0.25, 0.3) is 0 Å². The molecule has 7 heteroatoms. The molecule has 0 fully saturated rings. The van der Waals surface area contributed by atoms with E-state index in [9.17, 15) is 0 Å². The van der Waals surface area contributed by atoms with E-state index in [0.29, 0.717) is 26.5 Å². The Kier molecular flexibility index (Phi) is 5.44. The van der Waals surface area contributed by atoms with E-state index < -0.39 is 0 Å². The van der Waals surface area contributed by atoms with Gasteiger partial charge in [0.2, 0.25) is 0 Å². The molecule has 108 valence electrons. The zero-order valence-corrected chi connectivity index (χ0v) is 12.9. The van der Waals surface area contributed by atoms with Gasteiger partial charge in [0, 0.05) is 10.6 Å². The molecule has 0 atom stereocenters. The zero-order valence-electron chi connectivity index (χ0n) is 10.6. The van der Waals surface area contributed by atoms with E-state index in [-0.39, 0.29) is 0 Å². The van der Waals surface area contributed by atoms with E-state index in [1.54, 1.807) is 12.1 Å². The molecule has 0 aromatic heterocycles. The molecule has 0 unspecified atom stereocenters. The molecule has 0 amide bonds. The van der Waals surface area contributed by atoms with Crippen molar-refractivity contribution in [3.8, 4) is 0 Å². The monoisotopic (exact) mass is 341 g/mol. The Morgan fingerprint density at radius 2 is 1.67 bits per heavy atom. The zero-order chi connectivity index (χ0) is 15.2. The fraction of sp³-hybridized carbons (Fsp3) is 0. The van der Waals surface area contributed by atoms with Crippen LogP contribution in [0.3, 0.4) is 0 Å². The summed E-state index contributed by atoms with van der Waals surface area (Å²) in [7, 11) is 0. The van der Waals surface area contributed by atoms with Crippen LogP contribution in [0, 0.1) is 0 Å². The van der Waals surface area contributed by atoms with Crippen molar-refractivity contribution < 1.29 is 5.21 Å². The van der Waals surface area contributed by atoms with Crippen LogP contribution in [0.1, 0.15) is 5.56 Å². The lowest BCUT2D eigenvalue weighted by Gasteiger charge is -2.08. The summed E-state index contributed by atoms with van der Waals surface area (Å²) in [6.07, 6.45) is 1.21. The SMILES string of the molecule is O/N=C/C(=N\Nc1c(Cl)cc(Cl)cc1Cl)c1ccccc1. The van der Waals surface area contributed by atoms with E-state index in [0.717, 1.165) is 5.56 Å². The smallest absolute Gasteiger partial charge is 0.112 e. The average molecular weight is 343 g/mol. The molecule has 0 aliphatic heterocycles. The molecule has 0 aliphatic rings. The number of benzene rings is 2. The Balaban J connectivity index is 2.34. The molecule has 0 heterocycles. The predicted octanol–water partition coefficient (Wildman–Crippen LogP) is 4.92. The van der Waals surface area contributed by atoms with Crippen molar-refractivity contribution >= 4 is 52.4 Å². The Bertz CT molecular complexity index is 664. The first-order valence-electron chi connectivity index (χ1n) is 5.83. The highest BCUT2D eigenvalue weighted by Gasteiger charge is 2.08. The second kappa shape index (κ2) is 7.31. The van der Waals surface area contributed by atoms with Crippen molar-refractivity contribution in [1.82, 2.24) is 0 Å². The van der Waals surface area contributed by atoms with Crippen LogP contribution in [0.2, 0.25) is 15.1 Å². The van der Waals surface area contributed by atoms with Crippen LogP contribution in [0.15, 0.2) is 52.7 Å². The highest BCUT2D eigenvalue weighted by atomic mass is 35.5. The molecule has 2 rings (SSSR count). The Labute approximate surface area is 136 Å². The fourth-order valence-corrected chi connectivity index (χ4v) is 2.50. The van der Waals surface area contributed by atoms with E-state index in [1.165, 1.54) is 6.21 Å². The van der Waals surface area contributed by atoms with Gasteiger partial charge in [-0.05, 0) is 12.1 Å². The Morgan fingerprint density at radius 3 is 2.24 bits per heavy atom. The standard InChI is InChI=1S/C14H10Cl3N3O/c15-10-6-11(16)14(12(17)7-10)20-19-13(8-18-21)9-4-2-1-3-5-9/h1-8,20-21H/b18-8+,19-13+. The molecule has 0 radical (unpaired) electrons. The largest absolute Gasteiger partial charge is 0.411 e. The lowest BCUT2D eigenvalue weighted by Crippen LogP contribution is -2.06. The summed E-state index contributed by atoms with van der Waals surface area (Å²) < 4.78 is 0. The van der Waals surface area contributed by atoms with Crippen molar-refractivity contribution in [2.45, 2.75) is 0 Å². The summed E-state index contributed by atoms with van der Waals surface area (Å²) in [5, 5.41) is 17.0. The van der Waals surface area contributed by atoms with Crippen molar-refractivity contribution in [3.63, 3.8) is 0 Å². The number of anilines is 1. The highest BCUT2D eigenvalue weighted by Crippen LogP contribution is 2.33. The van der Waals surface area contributed by atoms with Crippen molar-refractivity contribution in [2.75, 3.05) is 5.43 Å². The number of hydrazone groups is 1. The molecule has 2 aromatic rings. The van der Waals surface area contributed by atoms with Gasteiger partial charge in [-0.1, -0.05) is 70.3 Å². The maximum Gasteiger partial charge on any atom is 0.112 e. The van der Waals surface area contributed by atoms with Crippen molar-refractivity contribution in [2.24, 2.45) is 10.3 Å². The number of nitrogens with zero attached hydrogens (tertiary/aromatic N) is 2. The summed E-state index contributed by atoms with van der Waals surface area (Å²) in [5.74, 6) is 0. The number of rotatable bonds is 4. The topological polar surface area (TPSA) is 57.0 Å². The van der Waals surface area contributed by atoms with Gasteiger partial charge in [0.25, 0.3) is 0 Å². The maximum atomic E-state index is 8.73. The van der Waals surface area contributed by atoms with Gasteiger partial charge < -0.3 is 5.21 Å². The minimum atomic E-state index is 0.338. The molecule has 0 aliphatic carbocycles. The molecule has 0 saturated carbocycles. The summed E-state index contributed by atoms with van der Waals surface area (Å²) in [5.41, 5.74) is 4.36. The van der Waals surface area contributed by atoms with E-state index >= 15 is 0 Å². The molecule has 2 N–H and O–H groups in total. The Morgan fingerprint density at radius 1 is 1.05 bits per heavy atom. The van der Waals surface area contributed by atoms with Gasteiger partial charge in [-0.25, -0.2) is 0 Å². The van der Waals surface area contributed by atoms with Crippen molar-refractivity contribution in [1.29, 1.82) is 0 Å². The van der Waals surface area contributed by atoms with Crippen LogP contribution in [-0.2, 0) is 0 Å². The third kappa shape index (κ3) is 4.11. The van der Waals surface area contributed by atoms with E-state index in [4.69, 9.17) is 40.0 Å². The van der Waals surface area contributed by atoms with Crippen LogP contribution in [0.4, 0.5) is 5.69 Å². The number of oxime groups is 1. The number of nitrogens with one attached hydrogen (secondary N) is 1. The normalized spacial score (nSPS) is 11.9. The highest BCUT2D eigenvalue weighted by molar-refractivity contribution is 6.42. The number of hydrogen-bond donors (Lipinski definition) is 2. The predicted molar refractivity (Wildman–Crippen MR) is 88.4 cm³/mol. The van der Waals surface area contributed by atoms with Crippen LogP contribution in [-0.4, -0.2) is 17.1 Å². The summed E-state index contributed by atoms with van der Waals surface area (Å²) in [4.78, 5) is 0. The quantitative estimate of drug-likeness (QED) is 0.470. The molecule has 21 heavy (non-hydrogen) atoms. The lowest BCUT2D eigenvalue weighted by molar-refractivity contribution is 0.322. The van der Waals surface area contributed by atoms with Gasteiger partial charge in [0.05, 0.1) is 21.9 Å². The molecule has 2 aromatic carbocycles. The first-order chi connectivity index (χ1) is 10.1. The van der Waals surface area contributed by atoms with Gasteiger partial charge in [-0.3, -0.25) is 5.43 Å². The van der Waals surface area contributed by atoms with Gasteiger partial charge in [0.1, 0.15) is 5.71 Å². The summed E-state index contributed by atoms with van der Waals surface area (Å²) in [6.45, 7) is 0. The fourth-order valence-electron chi connectivity index (χ4n) is 1.60. The second-order valence-electron chi connectivity index (χ2n) is 3.96. The minimum Gasteiger partial charge on any atom is -0.411 e. The minimum absolute atomic E-state index is 0.338. The van der Waals surface area contributed by atoms with Crippen LogP contribution in [0.5, 0.6) is 0 Å². The Hall–Kier alpha value is -1.75. The van der Waals surface area contributed by atoms with Crippen LogP contribution >= 0.6 is 34.8 Å². The van der Waals surface area contributed by atoms with Crippen molar-refractivity contribution in [3.05, 3.63) is 63.1 Å². The second-order valence-corrected chi connectivity index (χ2v) is 5.21. The molecular formula is C14H10Cl3N3O. The molecule has 0 saturated heterocycles. The molecule has 4 nitrogen and oxygen atoms in total. The third-order valence-corrected chi connectivity index (χ3v) is 3.36. The van der Waals surface area contributed by atoms with Crippen LogP contribution < -0.4 is 5.43 Å². The molecular weight excluding hydrogens is 333 g/mol. The maximum absolute atomic E-state index is 8.73. The first kappa shape index (κ1) is 15.6. The number of halogens is 3. The summed E-state index contributed by atoms with van der Waals surface area (Å²) in [6, 6.07) is 12.3. The average Bonchev–Trinajstić information content (AvgIpc) is 2.46. The molecule has 0 bridgehead atoms. The van der Waals surface area contributed by atoms with Gasteiger partial charge >= 0.3 is 0 Å². The van der Waals surface area contributed by atoms with E-state index in [2.05, 4.69) is 15.7 Å². The third-order valence-electron chi connectivity index (χ3n) is 2.54. The van der Waals surface area contributed by atoms with Gasteiger partial charge in [-0.2, -0.15) is 5.10 Å². The number of hydrogen-bond acceptors (Lipinski definition) is 4. The molecule has 0 spiro atoms. The van der Waals surface area contributed by atoms with Gasteiger partial charge in [0.15, 0.2) is 0 Å². The lowest BCUT2D eigenvalue weighted by atomic mass is 10.1. The van der Waals surface area contributed by atoms with Gasteiger partial charge in [-0.15, -0.1) is 0 Å². The summed E-state index contributed by atoms with van der Waals surface area (Å²) >= 11 is 18.0. The van der Waals surface area contributed by atoms with E-state index in [1.807, 2.05) is 30.3 Å². The first-order valence-corrected chi connectivity index (χ1v) is 6.96.